The second kappa shape index (κ2) is 8.26. The van der Waals surface area contributed by atoms with Crippen LogP contribution >= 0.6 is 0 Å². The molecule has 0 spiro atoms. The van der Waals surface area contributed by atoms with Gasteiger partial charge < -0.3 is 15.2 Å². The van der Waals surface area contributed by atoms with E-state index >= 15 is 0 Å². The van der Waals surface area contributed by atoms with Crippen LogP contribution in [0.25, 0.3) is 0 Å². The minimum atomic E-state index is -0.862. The van der Waals surface area contributed by atoms with E-state index in [4.69, 9.17) is 9.84 Å². The average Bonchev–Trinajstić information content (AvgIpc) is 2.45. The maximum absolute atomic E-state index is 11.8. The largest absolute Gasteiger partial charge is 0.497 e. The predicted molar refractivity (Wildman–Crippen MR) is 79.1 cm³/mol. The number of carboxylic acid groups (broad SMARTS) is 1. The van der Waals surface area contributed by atoms with Crippen LogP contribution in [0.4, 0.5) is 0 Å². The summed E-state index contributed by atoms with van der Waals surface area (Å²) in [6.07, 6.45) is 0. The monoisotopic (exact) mass is 294 g/mol. The molecule has 1 atom stereocenters. The molecule has 0 heterocycles. The zero-order valence-electron chi connectivity index (χ0n) is 12.6. The van der Waals surface area contributed by atoms with E-state index in [1.165, 1.54) is 0 Å². The van der Waals surface area contributed by atoms with Crippen molar-refractivity contribution in [3.63, 3.8) is 0 Å². The molecule has 1 unspecified atom stereocenters. The first-order valence-electron chi connectivity index (χ1n) is 6.73. The summed E-state index contributed by atoms with van der Waals surface area (Å²) in [5.74, 6) is -0.758. The maximum Gasteiger partial charge on any atom is 0.307 e. The number of carbonyl (C=O) groups excluding carboxylic acids is 1. The Bertz CT molecular complexity index is 490. The lowest BCUT2D eigenvalue weighted by molar-refractivity contribution is -0.142. The minimum absolute atomic E-state index is 0.141. The van der Waals surface area contributed by atoms with E-state index in [0.29, 0.717) is 13.1 Å². The van der Waals surface area contributed by atoms with Crippen molar-refractivity contribution >= 4 is 11.9 Å². The normalized spacial score (nSPS) is 12.0. The third-order valence-corrected chi connectivity index (χ3v) is 3.04. The third kappa shape index (κ3) is 6.27. The number of rotatable bonds is 8. The fourth-order valence-electron chi connectivity index (χ4n) is 1.89. The van der Waals surface area contributed by atoms with Crippen molar-refractivity contribution in [3.8, 4) is 5.75 Å². The molecular formula is C15H22N2O4. The highest BCUT2D eigenvalue weighted by atomic mass is 16.5. The SMILES string of the molecule is COc1cccc(CNC(=O)CN(C)CC(C)C(=O)O)c1. The van der Waals surface area contributed by atoms with E-state index in [-0.39, 0.29) is 12.5 Å². The molecule has 0 bridgehead atoms. The van der Waals surface area contributed by atoms with Gasteiger partial charge in [-0.05, 0) is 24.7 Å². The van der Waals surface area contributed by atoms with Crippen LogP contribution in [-0.2, 0) is 16.1 Å². The molecule has 21 heavy (non-hydrogen) atoms. The molecule has 116 valence electrons. The van der Waals surface area contributed by atoms with Crippen molar-refractivity contribution in [2.24, 2.45) is 5.92 Å². The number of carboxylic acids is 1. The summed E-state index contributed by atoms with van der Waals surface area (Å²) < 4.78 is 5.12. The van der Waals surface area contributed by atoms with Gasteiger partial charge in [-0.15, -0.1) is 0 Å². The summed E-state index contributed by atoms with van der Waals surface area (Å²) in [6, 6.07) is 7.46. The quantitative estimate of drug-likeness (QED) is 0.747. The Labute approximate surface area is 124 Å². The summed E-state index contributed by atoms with van der Waals surface area (Å²) in [7, 11) is 3.32. The molecule has 0 saturated carbocycles. The van der Waals surface area contributed by atoms with Crippen molar-refractivity contribution in [2.45, 2.75) is 13.5 Å². The van der Waals surface area contributed by atoms with Crippen molar-refractivity contribution in [1.82, 2.24) is 10.2 Å². The van der Waals surface area contributed by atoms with Gasteiger partial charge in [0.05, 0.1) is 19.6 Å². The highest BCUT2D eigenvalue weighted by Gasteiger charge is 2.15. The maximum atomic E-state index is 11.8. The van der Waals surface area contributed by atoms with Crippen LogP contribution in [0.3, 0.4) is 0 Å². The van der Waals surface area contributed by atoms with E-state index in [9.17, 15) is 9.59 Å². The second-order valence-corrected chi connectivity index (χ2v) is 5.06. The molecule has 1 aromatic rings. The number of nitrogens with zero attached hydrogens (tertiary/aromatic N) is 1. The number of hydrogen-bond donors (Lipinski definition) is 2. The summed E-state index contributed by atoms with van der Waals surface area (Å²) >= 11 is 0. The Morgan fingerprint density at radius 3 is 2.76 bits per heavy atom. The second-order valence-electron chi connectivity index (χ2n) is 5.06. The van der Waals surface area contributed by atoms with Crippen molar-refractivity contribution in [1.29, 1.82) is 0 Å². The third-order valence-electron chi connectivity index (χ3n) is 3.04. The van der Waals surface area contributed by atoms with Crippen molar-refractivity contribution in [2.75, 3.05) is 27.2 Å². The number of aliphatic carboxylic acids is 1. The summed E-state index contributed by atoms with van der Waals surface area (Å²) in [5, 5.41) is 11.6. The smallest absolute Gasteiger partial charge is 0.307 e. The van der Waals surface area contributed by atoms with E-state index in [1.807, 2.05) is 24.3 Å². The van der Waals surface area contributed by atoms with Crippen LogP contribution < -0.4 is 10.1 Å². The number of amides is 1. The fourth-order valence-corrected chi connectivity index (χ4v) is 1.89. The molecule has 0 aliphatic heterocycles. The number of likely N-dealkylation sites (N-methyl/N-ethyl adjacent to an activating group) is 1. The molecule has 0 aliphatic rings. The van der Waals surface area contributed by atoms with Gasteiger partial charge in [-0.1, -0.05) is 19.1 Å². The van der Waals surface area contributed by atoms with Crippen LogP contribution in [0.5, 0.6) is 5.75 Å². The lowest BCUT2D eigenvalue weighted by atomic mass is 10.2. The molecular weight excluding hydrogens is 272 g/mol. The first kappa shape index (κ1) is 17.0. The molecule has 0 radical (unpaired) electrons. The molecule has 0 saturated heterocycles. The number of methoxy groups -OCH3 is 1. The molecule has 0 aromatic heterocycles. The number of carbonyl (C=O) groups is 2. The molecule has 1 amide bonds. The zero-order chi connectivity index (χ0) is 15.8. The number of hydrogen-bond acceptors (Lipinski definition) is 4. The molecule has 0 aliphatic carbocycles. The fraction of sp³-hybridized carbons (Fsp3) is 0.467. The first-order valence-corrected chi connectivity index (χ1v) is 6.73. The van der Waals surface area contributed by atoms with Crippen molar-refractivity contribution in [3.05, 3.63) is 29.8 Å². The van der Waals surface area contributed by atoms with Gasteiger partial charge in [0.2, 0.25) is 5.91 Å². The number of benzene rings is 1. The van der Waals surface area contributed by atoms with E-state index in [2.05, 4.69) is 5.32 Å². The summed E-state index contributed by atoms with van der Waals surface area (Å²) in [6.45, 7) is 2.54. The van der Waals surface area contributed by atoms with Crippen LogP contribution in [0, 0.1) is 5.92 Å². The lowest BCUT2D eigenvalue weighted by Gasteiger charge is -2.18. The van der Waals surface area contributed by atoms with Gasteiger partial charge in [0, 0.05) is 13.1 Å². The van der Waals surface area contributed by atoms with E-state index in [1.54, 1.807) is 26.0 Å². The number of ether oxygens (including phenoxy) is 1. The zero-order valence-corrected chi connectivity index (χ0v) is 12.6. The molecule has 0 fully saturated rings. The predicted octanol–water partition coefficient (Wildman–Crippen LogP) is 0.964. The molecule has 6 nitrogen and oxygen atoms in total. The topological polar surface area (TPSA) is 78.9 Å². The van der Waals surface area contributed by atoms with Gasteiger partial charge in [-0.25, -0.2) is 0 Å². The van der Waals surface area contributed by atoms with Gasteiger partial charge in [0.15, 0.2) is 0 Å². The first-order chi connectivity index (χ1) is 9.92. The molecule has 2 N–H and O–H groups in total. The number of nitrogens with one attached hydrogen (secondary N) is 1. The molecule has 6 heteroatoms. The van der Waals surface area contributed by atoms with Gasteiger partial charge in [0.25, 0.3) is 0 Å². The lowest BCUT2D eigenvalue weighted by Crippen LogP contribution is -2.38. The average molecular weight is 294 g/mol. The van der Waals surface area contributed by atoms with Gasteiger partial charge in [-0.3, -0.25) is 14.5 Å². The van der Waals surface area contributed by atoms with Crippen LogP contribution in [0.2, 0.25) is 0 Å². The molecule has 1 aromatic carbocycles. The summed E-state index contributed by atoms with van der Waals surface area (Å²) in [5.41, 5.74) is 0.948. The Hall–Kier alpha value is -2.08. The Kier molecular flexibility index (Phi) is 6.68. The highest BCUT2D eigenvalue weighted by Crippen LogP contribution is 2.12. The van der Waals surface area contributed by atoms with Crippen LogP contribution in [-0.4, -0.2) is 49.1 Å². The standard InChI is InChI=1S/C15H22N2O4/c1-11(15(19)20)9-17(2)10-14(18)16-8-12-5-4-6-13(7-12)21-3/h4-7,11H,8-10H2,1-3H3,(H,16,18)(H,19,20). The summed E-state index contributed by atoms with van der Waals surface area (Å²) in [4.78, 5) is 24.2. The van der Waals surface area contributed by atoms with Gasteiger partial charge >= 0.3 is 5.97 Å². The Morgan fingerprint density at radius 1 is 1.43 bits per heavy atom. The Balaban J connectivity index is 2.38. The Morgan fingerprint density at radius 2 is 2.14 bits per heavy atom. The minimum Gasteiger partial charge on any atom is -0.497 e. The van der Waals surface area contributed by atoms with E-state index < -0.39 is 11.9 Å². The molecule has 1 rings (SSSR count). The van der Waals surface area contributed by atoms with Crippen LogP contribution in [0.1, 0.15) is 12.5 Å². The van der Waals surface area contributed by atoms with Gasteiger partial charge in [0.1, 0.15) is 5.75 Å². The van der Waals surface area contributed by atoms with Gasteiger partial charge in [-0.2, -0.15) is 0 Å². The van der Waals surface area contributed by atoms with Crippen molar-refractivity contribution < 1.29 is 19.4 Å². The highest BCUT2D eigenvalue weighted by molar-refractivity contribution is 5.78. The van der Waals surface area contributed by atoms with Crippen LogP contribution in [0.15, 0.2) is 24.3 Å². The van der Waals surface area contributed by atoms with E-state index in [0.717, 1.165) is 11.3 Å².